The van der Waals surface area contributed by atoms with Gasteiger partial charge < -0.3 is 9.64 Å². The third kappa shape index (κ3) is 2.94. The van der Waals surface area contributed by atoms with Crippen LogP contribution in [0.3, 0.4) is 0 Å². The van der Waals surface area contributed by atoms with Crippen LogP contribution in [0.5, 0.6) is 0 Å². The van der Waals surface area contributed by atoms with Crippen molar-refractivity contribution in [2.75, 3.05) is 20.2 Å². The van der Waals surface area contributed by atoms with Crippen LogP contribution in [0.2, 0.25) is 0 Å². The first-order valence-electron chi connectivity index (χ1n) is 6.38. The third-order valence-electron chi connectivity index (χ3n) is 3.46. The molecule has 0 aromatic carbocycles. The normalized spacial score (nSPS) is 18.7. The van der Waals surface area contributed by atoms with E-state index in [-0.39, 0.29) is 24.3 Å². The van der Waals surface area contributed by atoms with Gasteiger partial charge in [0.25, 0.3) is 0 Å². The zero-order valence-electron chi connectivity index (χ0n) is 11.5. The summed E-state index contributed by atoms with van der Waals surface area (Å²) in [5, 5.41) is 4.27. The van der Waals surface area contributed by atoms with Crippen LogP contribution >= 0.6 is 0 Å². The molecule has 1 aromatic rings. The molecule has 1 fully saturated rings. The minimum atomic E-state index is -0.235. The van der Waals surface area contributed by atoms with Crippen LogP contribution in [-0.4, -0.2) is 46.8 Å². The summed E-state index contributed by atoms with van der Waals surface area (Å²) in [6.45, 7) is 5.11. The second kappa shape index (κ2) is 5.42. The number of hydrogen-bond acceptors (Lipinski definition) is 4. The van der Waals surface area contributed by atoms with E-state index in [1.54, 1.807) is 9.58 Å². The van der Waals surface area contributed by atoms with E-state index in [4.69, 9.17) is 4.74 Å². The van der Waals surface area contributed by atoms with Crippen molar-refractivity contribution in [2.45, 2.75) is 26.8 Å². The van der Waals surface area contributed by atoms with Crippen molar-refractivity contribution in [3.63, 3.8) is 0 Å². The summed E-state index contributed by atoms with van der Waals surface area (Å²) < 4.78 is 6.41. The Kier molecular flexibility index (Phi) is 3.87. The molecule has 0 aliphatic carbocycles. The Bertz CT molecular complexity index is 495. The Balaban J connectivity index is 1.95. The second-order valence-electron chi connectivity index (χ2n) is 4.93. The number of carbonyl (C=O) groups is 2. The lowest BCUT2D eigenvalue weighted by Gasteiger charge is -2.16. The summed E-state index contributed by atoms with van der Waals surface area (Å²) in [5.74, 6) is -0.423. The van der Waals surface area contributed by atoms with Crippen molar-refractivity contribution in [1.29, 1.82) is 0 Å². The van der Waals surface area contributed by atoms with Crippen molar-refractivity contribution in [3.8, 4) is 0 Å². The molecule has 1 amide bonds. The van der Waals surface area contributed by atoms with Gasteiger partial charge in [-0.05, 0) is 26.3 Å². The van der Waals surface area contributed by atoms with Crippen LogP contribution in [0.25, 0.3) is 0 Å². The fraction of sp³-hybridized carbons (Fsp3) is 0.615. The van der Waals surface area contributed by atoms with Crippen LogP contribution in [0.15, 0.2) is 6.07 Å². The average molecular weight is 265 g/mol. The quantitative estimate of drug-likeness (QED) is 0.747. The smallest absolute Gasteiger partial charge is 0.310 e. The van der Waals surface area contributed by atoms with Crippen molar-refractivity contribution in [1.82, 2.24) is 14.7 Å². The molecule has 6 nitrogen and oxygen atoms in total. The molecule has 1 atom stereocenters. The van der Waals surface area contributed by atoms with Crippen molar-refractivity contribution >= 4 is 11.9 Å². The Hall–Kier alpha value is -1.85. The molecule has 0 spiro atoms. The van der Waals surface area contributed by atoms with Gasteiger partial charge in [-0.15, -0.1) is 0 Å². The number of aromatic nitrogens is 2. The SMILES string of the molecule is COC(=O)C1CCN(C(=O)Cn2nc(C)cc2C)C1. The highest BCUT2D eigenvalue weighted by atomic mass is 16.5. The summed E-state index contributed by atoms with van der Waals surface area (Å²) in [7, 11) is 1.38. The van der Waals surface area contributed by atoms with Gasteiger partial charge in [-0.2, -0.15) is 5.10 Å². The van der Waals surface area contributed by atoms with Gasteiger partial charge in [0.15, 0.2) is 0 Å². The molecule has 2 heterocycles. The lowest BCUT2D eigenvalue weighted by molar-refractivity contribution is -0.145. The zero-order chi connectivity index (χ0) is 14.0. The highest BCUT2D eigenvalue weighted by molar-refractivity contribution is 5.79. The Labute approximate surface area is 112 Å². The molecule has 0 N–H and O–H groups in total. The predicted molar refractivity (Wildman–Crippen MR) is 68.4 cm³/mol. The van der Waals surface area contributed by atoms with Gasteiger partial charge in [-0.1, -0.05) is 0 Å². The highest BCUT2D eigenvalue weighted by Gasteiger charge is 2.31. The van der Waals surface area contributed by atoms with Gasteiger partial charge >= 0.3 is 5.97 Å². The Morgan fingerprint density at radius 3 is 2.79 bits per heavy atom. The molecule has 1 unspecified atom stereocenters. The van der Waals surface area contributed by atoms with Gasteiger partial charge in [-0.3, -0.25) is 14.3 Å². The van der Waals surface area contributed by atoms with Crippen LogP contribution in [-0.2, 0) is 20.9 Å². The molecule has 19 heavy (non-hydrogen) atoms. The molecule has 104 valence electrons. The predicted octanol–water partition coefficient (Wildman–Crippen LogP) is 0.521. The van der Waals surface area contributed by atoms with E-state index in [1.807, 2.05) is 19.9 Å². The lowest BCUT2D eigenvalue weighted by atomic mass is 10.1. The van der Waals surface area contributed by atoms with Crippen LogP contribution in [0.4, 0.5) is 0 Å². The largest absolute Gasteiger partial charge is 0.469 e. The maximum atomic E-state index is 12.1. The molecular formula is C13H19N3O3. The topological polar surface area (TPSA) is 64.4 Å². The van der Waals surface area contributed by atoms with Crippen LogP contribution in [0, 0.1) is 19.8 Å². The fourth-order valence-corrected chi connectivity index (χ4v) is 2.41. The third-order valence-corrected chi connectivity index (χ3v) is 3.46. The maximum absolute atomic E-state index is 12.1. The van der Waals surface area contributed by atoms with Gasteiger partial charge in [0.05, 0.1) is 18.7 Å². The molecule has 6 heteroatoms. The molecule has 1 aliphatic heterocycles. The number of rotatable bonds is 3. The summed E-state index contributed by atoms with van der Waals surface area (Å²) in [5.41, 5.74) is 1.87. The first kappa shape index (κ1) is 13.6. The lowest BCUT2D eigenvalue weighted by Crippen LogP contribution is -2.33. The first-order valence-corrected chi connectivity index (χ1v) is 6.38. The maximum Gasteiger partial charge on any atom is 0.310 e. The summed E-state index contributed by atoms with van der Waals surface area (Å²) >= 11 is 0. The van der Waals surface area contributed by atoms with E-state index in [0.29, 0.717) is 19.5 Å². The molecule has 0 saturated carbocycles. The fourth-order valence-electron chi connectivity index (χ4n) is 2.41. The number of amides is 1. The zero-order valence-corrected chi connectivity index (χ0v) is 11.5. The molecule has 1 saturated heterocycles. The van der Waals surface area contributed by atoms with E-state index in [0.717, 1.165) is 11.4 Å². The van der Waals surface area contributed by atoms with E-state index in [9.17, 15) is 9.59 Å². The van der Waals surface area contributed by atoms with Crippen molar-refractivity contribution < 1.29 is 14.3 Å². The number of ether oxygens (including phenoxy) is 1. The van der Waals surface area contributed by atoms with E-state index >= 15 is 0 Å². The van der Waals surface area contributed by atoms with Gasteiger partial charge in [-0.25, -0.2) is 0 Å². The minimum Gasteiger partial charge on any atom is -0.469 e. The molecule has 1 aromatic heterocycles. The van der Waals surface area contributed by atoms with Crippen LogP contribution < -0.4 is 0 Å². The first-order chi connectivity index (χ1) is 9.01. The Morgan fingerprint density at radius 1 is 1.47 bits per heavy atom. The monoisotopic (exact) mass is 265 g/mol. The van der Waals surface area contributed by atoms with E-state index in [1.165, 1.54) is 7.11 Å². The highest BCUT2D eigenvalue weighted by Crippen LogP contribution is 2.18. The number of aryl methyl sites for hydroxylation is 2. The molecule has 0 radical (unpaired) electrons. The standard InChI is InChI=1S/C13H19N3O3/c1-9-6-10(2)16(14-9)8-12(17)15-5-4-11(7-15)13(18)19-3/h6,11H,4-5,7-8H2,1-3H3. The number of nitrogens with zero attached hydrogens (tertiary/aromatic N) is 3. The number of carbonyl (C=O) groups excluding carboxylic acids is 2. The van der Waals surface area contributed by atoms with Gasteiger partial charge in [0, 0.05) is 18.8 Å². The number of esters is 1. The molecule has 1 aliphatic rings. The average Bonchev–Trinajstić information content (AvgIpc) is 2.96. The summed E-state index contributed by atoms with van der Waals surface area (Å²) in [6, 6.07) is 1.94. The van der Waals surface area contributed by atoms with E-state index < -0.39 is 0 Å². The molecular weight excluding hydrogens is 246 g/mol. The second-order valence-corrected chi connectivity index (χ2v) is 4.93. The van der Waals surface area contributed by atoms with Crippen molar-refractivity contribution in [3.05, 3.63) is 17.5 Å². The summed E-state index contributed by atoms with van der Waals surface area (Å²) in [6.07, 6.45) is 0.676. The minimum absolute atomic E-state index is 0.00222. The molecule has 0 bridgehead atoms. The van der Waals surface area contributed by atoms with E-state index in [2.05, 4.69) is 5.10 Å². The van der Waals surface area contributed by atoms with Crippen molar-refractivity contribution in [2.24, 2.45) is 5.92 Å². The Morgan fingerprint density at radius 2 is 2.21 bits per heavy atom. The summed E-state index contributed by atoms with van der Waals surface area (Å²) in [4.78, 5) is 25.3. The van der Waals surface area contributed by atoms with Gasteiger partial charge in [0.2, 0.25) is 5.91 Å². The van der Waals surface area contributed by atoms with Gasteiger partial charge in [0.1, 0.15) is 6.54 Å². The number of likely N-dealkylation sites (tertiary alicyclic amines) is 1. The van der Waals surface area contributed by atoms with Crippen LogP contribution in [0.1, 0.15) is 17.8 Å². The number of methoxy groups -OCH3 is 1. The number of hydrogen-bond donors (Lipinski definition) is 0. The molecule has 2 rings (SSSR count).